The van der Waals surface area contributed by atoms with Crippen LogP contribution in [-0.2, 0) is 9.59 Å². The predicted molar refractivity (Wildman–Crippen MR) is 84.5 cm³/mol. The van der Waals surface area contributed by atoms with Crippen LogP contribution in [0.5, 0.6) is 0 Å². The largest absolute Gasteiger partial charge is 0.340 e. The fourth-order valence-electron chi connectivity index (χ4n) is 2.11. The Morgan fingerprint density at radius 3 is 2.73 bits per heavy atom. The number of thiazole rings is 1. The minimum atomic E-state index is -0.953. The van der Waals surface area contributed by atoms with Crippen molar-refractivity contribution < 1.29 is 14.8 Å². The van der Waals surface area contributed by atoms with Crippen LogP contribution < -0.4 is 10.8 Å². The number of hydrogen-bond donors (Lipinski definition) is 3. The zero-order valence-electron chi connectivity index (χ0n) is 12.7. The molecule has 118 valence electrons. The summed E-state index contributed by atoms with van der Waals surface area (Å²) >= 11 is 1.50. The topological polar surface area (TPSA) is 91.3 Å². The van der Waals surface area contributed by atoms with Crippen molar-refractivity contribution in [2.75, 3.05) is 0 Å². The van der Waals surface area contributed by atoms with E-state index in [9.17, 15) is 9.59 Å². The van der Waals surface area contributed by atoms with Crippen molar-refractivity contribution >= 4 is 33.4 Å². The van der Waals surface area contributed by atoms with E-state index in [0.29, 0.717) is 5.56 Å². The smallest absolute Gasteiger partial charge is 0.270 e. The van der Waals surface area contributed by atoms with Crippen molar-refractivity contribution in [1.82, 2.24) is 15.8 Å². The van der Waals surface area contributed by atoms with Crippen molar-refractivity contribution in [2.45, 2.75) is 33.2 Å². The van der Waals surface area contributed by atoms with E-state index in [1.807, 2.05) is 26.8 Å². The van der Waals surface area contributed by atoms with Crippen LogP contribution in [0.3, 0.4) is 0 Å². The van der Waals surface area contributed by atoms with Gasteiger partial charge in [-0.3, -0.25) is 14.8 Å². The van der Waals surface area contributed by atoms with E-state index in [-0.39, 0.29) is 17.7 Å². The van der Waals surface area contributed by atoms with Crippen molar-refractivity contribution in [1.29, 1.82) is 0 Å². The zero-order valence-corrected chi connectivity index (χ0v) is 13.5. The van der Waals surface area contributed by atoms with E-state index in [2.05, 4.69) is 10.3 Å². The zero-order chi connectivity index (χ0) is 16.3. The number of hydrogen-bond acceptors (Lipinski definition) is 5. The number of nitrogens with zero attached hydrogens (tertiary/aromatic N) is 1. The molecule has 6 nitrogen and oxygen atoms in total. The summed E-state index contributed by atoms with van der Waals surface area (Å²) in [6.45, 7) is 5.82. The number of benzene rings is 1. The number of carbonyl (C=O) groups is 2. The number of aromatic nitrogens is 1. The molecule has 0 aliphatic rings. The van der Waals surface area contributed by atoms with Gasteiger partial charge in [-0.15, -0.1) is 11.3 Å². The van der Waals surface area contributed by atoms with Gasteiger partial charge >= 0.3 is 0 Å². The molecule has 0 aliphatic heterocycles. The maximum Gasteiger partial charge on any atom is 0.270 e. The summed E-state index contributed by atoms with van der Waals surface area (Å²) in [7, 11) is 0. The van der Waals surface area contributed by atoms with Crippen LogP contribution in [0.2, 0.25) is 0 Å². The highest BCUT2D eigenvalue weighted by Gasteiger charge is 2.25. The first-order valence-corrected chi connectivity index (χ1v) is 7.74. The van der Waals surface area contributed by atoms with Crippen LogP contribution in [0.25, 0.3) is 10.2 Å². The first-order chi connectivity index (χ1) is 10.3. The van der Waals surface area contributed by atoms with Gasteiger partial charge in [0.05, 0.1) is 15.7 Å². The average Bonchev–Trinajstić information content (AvgIpc) is 2.89. The molecule has 22 heavy (non-hydrogen) atoms. The monoisotopic (exact) mass is 321 g/mol. The molecule has 1 aromatic heterocycles. The molecule has 7 heteroatoms. The Balaban J connectivity index is 2.25. The highest BCUT2D eigenvalue weighted by atomic mass is 32.1. The van der Waals surface area contributed by atoms with Crippen molar-refractivity contribution in [3.8, 4) is 0 Å². The summed E-state index contributed by atoms with van der Waals surface area (Å²) in [5.41, 5.74) is 4.46. The van der Waals surface area contributed by atoms with Gasteiger partial charge in [0.2, 0.25) is 5.91 Å². The third-order valence-corrected chi connectivity index (χ3v) is 3.87. The molecule has 0 fully saturated rings. The molecule has 1 aromatic carbocycles. The van der Waals surface area contributed by atoms with Gasteiger partial charge in [0, 0.05) is 6.42 Å². The first-order valence-electron chi connectivity index (χ1n) is 6.86. The maximum absolute atomic E-state index is 12.1. The van der Waals surface area contributed by atoms with Crippen LogP contribution in [0.1, 0.15) is 38.8 Å². The highest BCUT2D eigenvalue weighted by Crippen LogP contribution is 2.24. The molecule has 0 spiro atoms. The summed E-state index contributed by atoms with van der Waals surface area (Å²) in [4.78, 5) is 28.2. The number of carbonyl (C=O) groups excluding carboxylic acids is 2. The molecule has 0 radical (unpaired) electrons. The number of nitrogens with one attached hydrogen (secondary N) is 2. The normalized spacial score (nSPS) is 12.9. The van der Waals surface area contributed by atoms with Crippen molar-refractivity contribution in [3.05, 3.63) is 29.3 Å². The summed E-state index contributed by atoms with van der Waals surface area (Å²) in [5.74, 6) is -0.934. The molecule has 2 aromatic rings. The Kier molecular flexibility index (Phi) is 4.77. The van der Waals surface area contributed by atoms with Crippen LogP contribution >= 0.6 is 11.3 Å². The van der Waals surface area contributed by atoms with Crippen LogP contribution in [0.15, 0.2) is 23.7 Å². The molecule has 0 saturated heterocycles. The van der Waals surface area contributed by atoms with Crippen LogP contribution in [0, 0.1) is 5.41 Å². The molecule has 2 amide bonds. The molecule has 0 bridgehead atoms. The Labute approximate surface area is 132 Å². The van der Waals surface area contributed by atoms with E-state index in [1.54, 1.807) is 23.1 Å². The van der Waals surface area contributed by atoms with Gasteiger partial charge in [0.1, 0.15) is 6.04 Å². The minimum absolute atomic E-state index is 0.191. The lowest BCUT2D eigenvalue weighted by atomic mass is 9.91. The molecule has 0 unspecified atom stereocenters. The van der Waals surface area contributed by atoms with Gasteiger partial charge in [0.15, 0.2) is 0 Å². The lowest BCUT2D eigenvalue weighted by molar-refractivity contribution is -0.135. The summed E-state index contributed by atoms with van der Waals surface area (Å²) in [6, 6.07) is 4.38. The SMILES string of the molecule is CC(C)(C)CC(=O)N[C@@H](C(=O)NO)c1ccc2scnc2c1. The highest BCUT2D eigenvalue weighted by molar-refractivity contribution is 7.16. The lowest BCUT2D eigenvalue weighted by Gasteiger charge is -2.21. The maximum atomic E-state index is 12.1. The number of rotatable bonds is 4. The molecule has 0 aliphatic carbocycles. The molecule has 2 rings (SSSR count). The fourth-order valence-corrected chi connectivity index (χ4v) is 2.77. The minimum Gasteiger partial charge on any atom is -0.340 e. The van der Waals surface area contributed by atoms with E-state index in [0.717, 1.165) is 10.2 Å². The summed E-state index contributed by atoms with van der Waals surface area (Å²) in [6.07, 6.45) is 0.279. The summed E-state index contributed by atoms with van der Waals surface area (Å²) in [5, 5.41) is 11.6. The number of fused-ring (bicyclic) bond motifs is 1. The second kappa shape index (κ2) is 6.41. The average molecular weight is 321 g/mol. The van der Waals surface area contributed by atoms with Gasteiger partial charge in [-0.1, -0.05) is 26.8 Å². The van der Waals surface area contributed by atoms with Crippen molar-refractivity contribution in [2.24, 2.45) is 5.41 Å². The van der Waals surface area contributed by atoms with Gasteiger partial charge in [-0.05, 0) is 23.1 Å². The molecule has 1 atom stereocenters. The summed E-state index contributed by atoms with van der Waals surface area (Å²) < 4.78 is 0.993. The molecule has 3 N–H and O–H groups in total. The molecule has 1 heterocycles. The van der Waals surface area contributed by atoms with Gasteiger partial charge < -0.3 is 5.32 Å². The Bertz CT molecular complexity index is 691. The third kappa shape index (κ3) is 4.02. The fraction of sp³-hybridized carbons (Fsp3) is 0.400. The van der Waals surface area contributed by atoms with E-state index < -0.39 is 11.9 Å². The standard InChI is InChI=1S/C15H19N3O3S/c1-15(2,3)7-12(19)17-13(14(20)18-21)9-4-5-11-10(6-9)16-8-22-11/h4-6,8,13,21H,7H2,1-3H3,(H,17,19)(H,18,20)/t13-/m1/s1. The van der Waals surface area contributed by atoms with Gasteiger partial charge in [-0.2, -0.15) is 0 Å². The Morgan fingerprint density at radius 2 is 2.09 bits per heavy atom. The van der Waals surface area contributed by atoms with Gasteiger partial charge in [-0.25, -0.2) is 10.5 Å². The van der Waals surface area contributed by atoms with E-state index in [1.165, 1.54) is 11.3 Å². The Hall–Kier alpha value is -1.99. The second-order valence-electron chi connectivity index (χ2n) is 6.29. The lowest BCUT2D eigenvalue weighted by Crippen LogP contribution is -2.40. The molecular weight excluding hydrogens is 302 g/mol. The third-order valence-electron chi connectivity index (χ3n) is 3.06. The molecule has 0 saturated carbocycles. The Morgan fingerprint density at radius 1 is 1.36 bits per heavy atom. The van der Waals surface area contributed by atoms with Crippen LogP contribution in [0.4, 0.5) is 0 Å². The molecular formula is C15H19N3O3S. The number of hydroxylamine groups is 1. The number of amides is 2. The van der Waals surface area contributed by atoms with E-state index in [4.69, 9.17) is 5.21 Å². The first kappa shape index (κ1) is 16.4. The predicted octanol–water partition coefficient (Wildman–Crippen LogP) is 2.40. The van der Waals surface area contributed by atoms with E-state index >= 15 is 0 Å². The van der Waals surface area contributed by atoms with Crippen molar-refractivity contribution in [3.63, 3.8) is 0 Å². The second-order valence-corrected chi connectivity index (χ2v) is 7.18. The quantitative estimate of drug-likeness (QED) is 0.595. The van der Waals surface area contributed by atoms with Crippen LogP contribution in [-0.4, -0.2) is 22.0 Å². The van der Waals surface area contributed by atoms with Gasteiger partial charge in [0.25, 0.3) is 5.91 Å².